The minimum absolute atomic E-state index is 1.09. The Kier molecular flexibility index (Phi) is 7.43. The van der Waals surface area contributed by atoms with Crippen molar-refractivity contribution in [2.75, 3.05) is 4.90 Å². The van der Waals surface area contributed by atoms with Crippen molar-refractivity contribution < 1.29 is 0 Å². The summed E-state index contributed by atoms with van der Waals surface area (Å²) in [5, 5.41) is 20.2. The first-order valence-electron chi connectivity index (χ1n) is 22.2. The Balaban J connectivity index is 1.12. The normalized spacial score (nSPS) is 12.1. The summed E-state index contributed by atoms with van der Waals surface area (Å²) in [6.07, 6.45) is 0. The summed E-state index contributed by atoms with van der Waals surface area (Å²) < 4.78 is 2.42. The molecule has 2 heteroatoms. The third kappa shape index (κ3) is 5.02. The first-order chi connectivity index (χ1) is 31.8. The monoisotopic (exact) mass is 810 g/mol. The van der Waals surface area contributed by atoms with Crippen LogP contribution in [0.5, 0.6) is 0 Å². The highest BCUT2D eigenvalue weighted by atomic mass is 15.1. The summed E-state index contributed by atoms with van der Waals surface area (Å²) in [4.78, 5) is 2.51. The fourth-order valence-corrected chi connectivity index (χ4v) is 11.1. The van der Waals surface area contributed by atoms with E-state index in [4.69, 9.17) is 0 Å². The van der Waals surface area contributed by atoms with Gasteiger partial charge in [0.1, 0.15) is 0 Å². The number of anilines is 3. The highest BCUT2D eigenvalue weighted by Crippen LogP contribution is 2.49. The zero-order valence-corrected chi connectivity index (χ0v) is 34.8. The second-order valence-corrected chi connectivity index (χ2v) is 17.2. The molecule has 2 nitrogen and oxygen atoms in total. The van der Waals surface area contributed by atoms with Crippen molar-refractivity contribution in [1.82, 2.24) is 4.57 Å². The van der Waals surface area contributed by atoms with Crippen molar-refractivity contribution in [3.05, 3.63) is 231 Å². The van der Waals surface area contributed by atoms with E-state index in [1.807, 2.05) is 0 Å². The Bertz CT molecular complexity index is 4170. The van der Waals surface area contributed by atoms with E-state index in [0.717, 1.165) is 22.7 Å². The fourth-order valence-electron chi connectivity index (χ4n) is 11.1. The van der Waals surface area contributed by atoms with Crippen LogP contribution in [0.25, 0.3) is 114 Å². The number of fused-ring (bicyclic) bond motifs is 6. The van der Waals surface area contributed by atoms with Crippen LogP contribution in [0.15, 0.2) is 231 Å². The third-order valence-corrected chi connectivity index (χ3v) is 13.8. The molecule has 1 heterocycles. The highest BCUT2D eigenvalue weighted by Gasteiger charge is 2.23. The Labute approximate surface area is 369 Å². The molecule has 1 aromatic heterocycles. The molecular weight excluding hydrogens is 773 g/mol. The van der Waals surface area contributed by atoms with Gasteiger partial charge in [0.2, 0.25) is 0 Å². The quantitative estimate of drug-likeness (QED) is 0.157. The number of nitrogens with zero attached hydrogens (tertiary/aromatic N) is 2. The fraction of sp³-hybridized carbons (Fsp3) is 0. The first-order valence-corrected chi connectivity index (χ1v) is 22.2. The lowest BCUT2D eigenvalue weighted by Gasteiger charge is -2.28. The molecule has 64 heavy (non-hydrogen) atoms. The van der Waals surface area contributed by atoms with Crippen molar-refractivity contribution in [2.24, 2.45) is 0 Å². The summed E-state index contributed by atoms with van der Waals surface area (Å²) in [5.41, 5.74) is 9.25. The second kappa shape index (κ2) is 13.5. The topological polar surface area (TPSA) is 8.17 Å². The van der Waals surface area contributed by atoms with Gasteiger partial charge in [0.15, 0.2) is 0 Å². The molecule has 14 rings (SSSR count). The van der Waals surface area contributed by atoms with Crippen LogP contribution in [0, 0.1) is 0 Å². The molecule has 0 aliphatic carbocycles. The minimum atomic E-state index is 1.09. The maximum atomic E-state index is 2.51. The molecule has 0 saturated carbocycles. The molecule has 0 aliphatic heterocycles. The summed E-state index contributed by atoms with van der Waals surface area (Å²) in [6, 6.07) is 85.6. The van der Waals surface area contributed by atoms with Gasteiger partial charge in [-0.3, -0.25) is 0 Å². The summed E-state index contributed by atoms with van der Waals surface area (Å²) in [5.74, 6) is 0. The smallest absolute Gasteiger partial charge is 0.0562 e. The van der Waals surface area contributed by atoms with E-state index in [1.54, 1.807) is 0 Å². The summed E-state index contributed by atoms with van der Waals surface area (Å²) in [7, 11) is 0. The van der Waals surface area contributed by atoms with Gasteiger partial charge in [-0.25, -0.2) is 0 Å². The third-order valence-electron chi connectivity index (χ3n) is 13.8. The van der Waals surface area contributed by atoms with E-state index >= 15 is 0 Å². The van der Waals surface area contributed by atoms with E-state index in [-0.39, 0.29) is 0 Å². The van der Waals surface area contributed by atoms with Gasteiger partial charge in [-0.15, -0.1) is 0 Å². The van der Waals surface area contributed by atoms with Crippen LogP contribution in [-0.2, 0) is 0 Å². The van der Waals surface area contributed by atoms with Crippen LogP contribution in [-0.4, -0.2) is 4.57 Å². The lowest BCUT2D eigenvalue weighted by molar-refractivity contribution is 1.18. The number of para-hydroxylation sites is 2. The molecule has 0 bridgehead atoms. The van der Waals surface area contributed by atoms with Crippen molar-refractivity contribution in [1.29, 1.82) is 0 Å². The molecule has 0 N–H and O–H groups in total. The largest absolute Gasteiger partial charge is 0.310 e. The van der Waals surface area contributed by atoms with Crippen LogP contribution >= 0.6 is 0 Å². The van der Waals surface area contributed by atoms with Gasteiger partial charge in [0.25, 0.3) is 0 Å². The maximum Gasteiger partial charge on any atom is 0.0562 e. The van der Waals surface area contributed by atoms with Crippen LogP contribution < -0.4 is 4.90 Å². The average Bonchev–Trinajstić information content (AvgIpc) is 3.70. The lowest BCUT2D eigenvalue weighted by atomic mass is 9.87. The van der Waals surface area contributed by atoms with Gasteiger partial charge in [0.05, 0.1) is 16.7 Å². The van der Waals surface area contributed by atoms with Crippen LogP contribution in [0.1, 0.15) is 0 Å². The van der Waals surface area contributed by atoms with Gasteiger partial charge < -0.3 is 9.47 Å². The van der Waals surface area contributed by atoms with Gasteiger partial charge in [-0.2, -0.15) is 0 Å². The number of benzene rings is 12. The van der Waals surface area contributed by atoms with Crippen molar-refractivity contribution >= 4 is 114 Å². The number of hydrogen-bond acceptors (Lipinski definition) is 1. The second-order valence-electron chi connectivity index (χ2n) is 17.2. The highest BCUT2D eigenvalue weighted by molar-refractivity contribution is 6.37. The van der Waals surface area contributed by atoms with E-state index in [1.165, 1.54) is 108 Å². The molecule has 13 aromatic carbocycles. The average molecular weight is 811 g/mol. The standard InChI is InChI=1S/C62H38N2/c1-2-18-45(19-3-1)64-55-26-7-6-21-53(55)62-56(27-12-28-57(62)64)63(46-35-33-40(34-36-46)49-22-8-14-39-13-4-5-20-48(39)49)47-37-44-32-31-43-16-10-24-51-50-23-9-15-41-29-30-42-17-11-25-52(60(42)58(41)50)54(38-47)61(44)59(43)51/h1-38H. The molecule has 0 radical (unpaired) electrons. The van der Waals surface area contributed by atoms with Gasteiger partial charge >= 0.3 is 0 Å². The molecule has 0 fully saturated rings. The molecular formula is C62H38N2. The molecule has 0 saturated heterocycles. The Morgan fingerprint density at radius 3 is 1.52 bits per heavy atom. The minimum Gasteiger partial charge on any atom is -0.310 e. The summed E-state index contributed by atoms with van der Waals surface area (Å²) >= 11 is 0. The van der Waals surface area contributed by atoms with Crippen molar-refractivity contribution in [3.8, 4) is 16.8 Å². The molecule has 0 atom stereocenters. The zero-order chi connectivity index (χ0) is 41.9. The van der Waals surface area contributed by atoms with Crippen molar-refractivity contribution in [2.45, 2.75) is 0 Å². The van der Waals surface area contributed by atoms with Crippen LogP contribution in [0.3, 0.4) is 0 Å². The Morgan fingerprint density at radius 2 is 0.797 bits per heavy atom. The number of aromatic nitrogens is 1. The van der Waals surface area contributed by atoms with Crippen molar-refractivity contribution in [3.63, 3.8) is 0 Å². The Morgan fingerprint density at radius 1 is 0.281 bits per heavy atom. The van der Waals surface area contributed by atoms with E-state index in [2.05, 4.69) is 240 Å². The Hall–Kier alpha value is -8.46. The molecule has 0 amide bonds. The maximum absolute atomic E-state index is 2.51. The summed E-state index contributed by atoms with van der Waals surface area (Å²) in [6.45, 7) is 0. The van der Waals surface area contributed by atoms with Gasteiger partial charge in [-0.05, 0) is 141 Å². The van der Waals surface area contributed by atoms with Crippen LogP contribution in [0.2, 0.25) is 0 Å². The van der Waals surface area contributed by atoms with Gasteiger partial charge in [-0.1, -0.05) is 176 Å². The molecule has 0 unspecified atom stereocenters. The molecule has 14 aromatic rings. The SMILES string of the molecule is c1ccc(-n2c3ccccc3c3c(N(c4ccc(-c5cccc6ccccc56)cc4)c4cc5ccc6cccc7c8cccc9ccc%10cccc(c(c4)c5c67)c%10c98)cccc32)cc1. The number of hydrogen-bond donors (Lipinski definition) is 0. The molecule has 0 spiro atoms. The lowest BCUT2D eigenvalue weighted by Crippen LogP contribution is -2.10. The van der Waals surface area contributed by atoms with Crippen LogP contribution in [0.4, 0.5) is 17.1 Å². The van der Waals surface area contributed by atoms with Gasteiger partial charge in [0, 0.05) is 27.8 Å². The predicted octanol–water partition coefficient (Wildman–Crippen LogP) is 17.4. The van der Waals surface area contributed by atoms with E-state index in [9.17, 15) is 0 Å². The zero-order valence-electron chi connectivity index (χ0n) is 34.8. The van der Waals surface area contributed by atoms with E-state index in [0.29, 0.717) is 0 Å². The first kappa shape index (κ1) is 35.2. The molecule has 0 aliphatic rings. The molecule has 296 valence electrons. The number of rotatable bonds is 5. The van der Waals surface area contributed by atoms with E-state index < -0.39 is 0 Å². The predicted molar refractivity (Wildman–Crippen MR) is 275 cm³/mol.